The minimum atomic E-state index is -3.62. The molecule has 0 heterocycles. The summed E-state index contributed by atoms with van der Waals surface area (Å²) in [5, 5.41) is 0. The largest absolute Gasteiger partial charge is 0.398 e. The first kappa shape index (κ1) is 15.0. The molecule has 0 saturated carbocycles. The van der Waals surface area contributed by atoms with Gasteiger partial charge in [0.05, 0.1) is 16.4 Å². The van der Waals surface area contributed by atoms with Crippen LogP contribution in [0.4, 0.5) is 5.69 Å². The van der Waals surface area contributed by atoms with E-state index in [0.717, 1.165) is 0 Å². The van der Waals surface area contributed by atoms with E-state index in [4.69, 9.17) is 5.73 Å². The zero-order chi connectivity index (χ0) is 14.0. The van der Waals surface area contributed by atoms with E-state index >= 15 is 0 Å². The van der Waals surface area contributed by atoms with E-state index in [1.165, 1.54) is 13.0 Å². The summed E-state index contributed by atoms with van der Waals surface area (Å²) in [6.07, 6.45) is 0. The van der Waals surface area contributed by atoms with Gasteiger partial charge in [0.2, 0.25) is 0 Å². The number of rotatable bonds is 5. The fraction of sp³-hybridized carbons (Fsp3) is 0.455. The Morgan fingerprint density at radius 3 is 2.28 bits per heavy atom. The molecule has 2 N–H and O–H groups in total. The fourth-order valence-electron chi connectivity index (χ4n) is 1.46. The van der Waals surface area contributed by atoms with Gasteiger partial charge < -0.3 is 5.73 Å². The number of anilines is 1. The van der Waals surface area contributed by atoms with E-state index in [1.807, 2.05) is 0 Å². The van der Waals surface area contributed by atoms with Crippen molar-refractivity contribution >= 4 is 25.4 Å². The van der Waals surface area contributed by atoms with Crippen molar-refractivity contribution in [3.05, 3.63) is 23.8 Å². The first-order valence-corrected chi connectivity index (χ1v) is 8.95. The van der Waals surface area contributed by atoms with E-state index in [-0.39, 0.29) is 16.4 Å². The Bertz CT molecular complexity index is 633. The van der Waals surface area contributed by atoms with Crippen LogP contribution in [0.25, 0.3) is 0 Å². The average Bonchev–Trinajstić information content (AvgIpc) is 2.30. The maximum Gasteiger partial charge on any atom is 0.179 e. The van der Waals surface area contributed by atoms with Gasteiger partial charge in [-0.05, 0) is 24.6 Å². The fourth-order valence-corrected chi connectivity index (χ4v) is 4.73. The molecule has 0 radical (unpaired) electrons. The predicted octanol–water partition coefficient (Wildman–Crippen LogP) is 0.786. The van der Waals surface area contributed by atoms with Crippen LogP contribution in [0.2, 0.25) is 0 Å². The van der Waals surface area contributed by atoms with E-state index in [1.54, 1.807) is 19.1 Å². The molecule has 0 saturated heterocycles. The molecule has 102 valence electrons. The number of benzene rings is 1. The number of sulfone groups is 2. The van der Waals surface area contributed by atoms with Crippen molar-refractivity contribution in [3.8, 4) is 0 Å². The molecule has 0 spiro atoms. The van der Waals surface area contributed by atoms with Crippen molar-refractivity contribution in [2.24, 2.45) is 0 Å². The molecular formula is C11H17NO4S2. The summed E-state index contributed by atoms with van der Waals surface area (Å²) in [6, 6.07) is 4.60. The molecule has 0 aliphatic rings. The van der Waals surface area contributed by atoms with Crippen LogP contribution in [-0.4, -0.2) is 34.1 Å². The van der Waals surface area contributed by atoms with Crippen LogP contribution in [0.1, 0.15) is 12.5 Å². The molecule has 7 heteroatoms. The Morgan fingerprint density at radius 1 is 1.11 bits per heavy atom. The molecule has 1 aromatic carbocycles. The van der Waals surface area contributed by atoms with Crippen molar-refractivity contribution in [2.75, 3.05) is 23.0 Å². The predicted molar refractivity (Wildman–Crippen MR) is 72.0 cm³/mol. The standard InChI is InChI=1S/C11H17NO4S2/c1-3-17(13,14)7-8-18(15,16)11-6-4-5-10(12)9(11)2/h4-6H,3,7-8,12H2,1-2H3. The Kier molecular flexibility index (Phi) is 4.39. The molecular weight excluding hydrogens is 274 g/mol. The summed E-state index contributed by atoms with van der Waals surface area (Å²) in [7, 11) is -6.91. The van der Waals surface area contributed by atoms with Gasteiger partial charge in [-0.3, -0.25) is 0 Å². The van der Waals surface area contributed by atoms with Crippen molar-refractivity contribution in [2.45, 2.75) is 18.7 Å². The Hall–Kier alpha value is -1.08. The molecule has 0 aliphatic heterocycles. The van der Waals surface area contributed by atoms with Gasteiger partial charge in [-0.1, -0.05) is 13.0 Å². The van der Waals surface area contributed by atoms with Crippen LogP contribution in [-0.2, 0) is 19.7 Å². The van der Waals surface area contributed by atoms with Crippen molar-refractivity contribution in [1.29, 1.82) is 0 Å². The number of hydrogen-bond donors (Lipinski definition) is 1. The van der Waals surface area contributed by atoms with Crippen LogP contribution >= 0.6 is 0 Å². The third-order valence-electron chi connectivity index (χ3n) is 2.76. The summed E-state index contributed by atoms with van der Waals surface area (Å²) in [5.74, 6) is -0.827. The van der Waals surface area contributed by atoms with Gasteiger partial charge in [0.1, 0.15) is 0 Å². The van der Waals surface area contributed by atoms with Crippen LogP contribution in [0.3, 0.4) is 0 Å². The molecule has 0 fully saturated rings. The normalized spacial score (nSPS) is 12.6. The summed E-state index contributed by atoms with van der Waals surface area (Å²) in [4.78, 5) is 0.105. The quantitative estimate of drug-likeness (QED) is 0.809. The number of nitrogen functional groups attached to an aromatic ring is 1. The summed E-state index contributed by atoms with van der Waals surface area (Å²) >= 11 is 0. The van der Waals surface area contributed by atoms with Crippen LogP contribution in [0.5, 0.6) is 0 Å². The highest BCUT2D eigenvalue weighted by atomic mass is 32.2. The second kappa shape index (κ2) is 5.27. The van der Waals surface area contributed by atoms with Gasteiger partial charge in [-0.25, -0.2) is 16.8 Å². The van der Waals surface area contributed by atoms with Crippen molar-refractivity contribution < 1.29 is 16.8 Å². The lowest BCUT2D eigenvalue weighted by Crippen LogP contribution is -2.19. The Balaban J connectivity index is 3.05. The van der Waals surface area contributed by atoms with E-state index in [0.29, 0.717) is 11.3 Å². The monoisotopic (exact) mass is 291 g/mol. The zero-order valence-electron chi connectivity index (χ0n) is 10.4. The smallest absolute Gasteiger partial charge is 0.179 e. The molecule has 0 amide bonds. The molecule has 1 rings (SSSR count). The number of nitrogens with two attached hydrogens (primary N) is 1. The summed E-state index contributed by atoms with van der Waals surface area (Å²) in [6.45, 7) is 3.10. The average molecular weight is 291 g/mol. The molecule has 5 nitrogen and oxygen atoms in total. The Morgan fingerprint density at radius 2 is 1.72 bits per heavy atom. The SMILES string of the molecule is CCS(=O)(=O)CCS(=O)(=O)c1cccc(N)c1C. The summed E-state index contributed by atoms with van der Waals surface area (Å²) < 4.78 is 46.8. The van der Waals surface area contributed by atoms with Gasteiger partial charge in [0.15, 0.2) is 19.7 Å². The highest BCUT2D eigenvalue weighted by Gasteiger charge is 2.21. The lowest BCUT2D eigenvalue weighted by Gasteiger charge is -2.09. The lowest BCUT2D eigenvalue weighted by molar-refractivity contribution is 0.588. The van der Waals surface area contributed by atoms with Gasteiger partial charge in [0.25, 0.3) is 0 Å². The molecule has 0 aliphatic carbocycles. The van der Waals surface area contributed by atoms with Gasteiger partial charge in [0, 0.05) is 11.4 Å². The molecule has 0 atom stereocenters. The van der Waals surface area contributed by atoms with Gasteiger partial charge in [-0.2, -0.15) is 0 Å². The maximum absolute atomic E-state index is 12.0. The number of hydrogen-bond acceptors (Lipinski definition) is 5. The third kappa shape index (κ3) is 3.46. The first-order valence-electron chi connectivity index (χ1n) is 5.48. The third-order valence-corrected chi connectivity index (χ3v) is 6.58. The Labute approximate surface area is 108 Å². The minimum Gasteiger partial charge on any atom is -0.398 e. The summed E-state index contributed by atoms with van der Waals surface area (Å²) in [5.41, 5.74) is 6.49. The molecule has 1 aromatic rings. The first-order chi connectivity index (χ1) is 8.19. The second-order valence-corrected chi connectivity index (χ2v) is 8.58. The molecule has 0 bridgehead atoms. The molecule has 0 aromatic heterocycles. The van der Waals surface area contributed by atoms with Crippen molar-refractivity contribution in [1.82, 2.24) is 0 Å². The van der Waals surface area contributed by atoms with Crippen LogP contribution in [0, 0.1) is 6.92 Å². The van der Waals surface area contributed by atoms with E-state index < -0.39 is 25.4 Å². The highest BCUT2D eigenvalue weighted by Crippen LogP contribution is 2.21. The highest BCUT2D eigenvalue weighted by molar-refractivity contribution is 7.95. The maximum atomic E-state index is 12.0. The second-order valence-electron chi connectivity index (χ2n) is 4.03. The zero-order valence-corrected chi connectivity index (χ0v) is 12.0. The lowest BCUT2D eigenvalue weighted by atomic mass is 10.2. The minimum absolute atomic E-state index is 0.0571. The molecule has 18 heavy (non-hydrogen) atoms. The van der Waals surface area contributed by atoms with Crippen LogP contribution in [0.15, 0.2) is 23.1 Å². The van der Waals surface area contributed by atoms with Gasteiger partial charge in [-0.15, -0.1) is 0 Å². The van der Waals surface area contributed by atoms with E-state index in [2.05, 4.69) is 0 Å². The van der Waals surface area contributed by atoms with Gasteiger partial charge >= 0.3 is 0 Å². The van der Waals surface area contributed by atoms with Crippen LogP contribution < -0.4 is 5.73 Å². The topological polar surface area (TPSA) is 94.3 Å². The van der Waals surface area contributed by atoms with Crippen molar-refractivity contribution in [3.63, 3.8) is 0 Å². The van der Waals surface area contributed by atoms with E-state index in [9.17, 15) is 16.8 Å². The molecule has 0 unspecified atom stereocenters.